The zero-order chi connectivity index (χ0) is 76.1. The van der Waals surface area contributed by atoms with Crippen LogP contribution in [0, 0.1) is 36.5 Å². The summed E-state index contributed by atoms with van der Waals surface area (Å²) in [5.41, 5.74) is 18.8. The van der Waals surface area contributed by atoms with Crippen molar-refractivity contribution < 1.29 is 13.7 Å². The molecule has 13 atom stereocenters. The van der Waals surface area contributed by atoms with Gasteiger partial charge in [-0.05, 0) is 342 Å². The number of fused-ring (bicyclic) bond motifs is 12. The van der Waals surface area contributed by atoms with E-state index < -0.39 is 0 Å². The lowest BCUT2D eigenvalue weighted by atomic mass is 9.81. The summed E-state index contributed by atoms with van der Waals surface area (Å²) in [6.07, 6.45) is 51.7. The van der Waals surface area contributed by atoms with Gasteiger partial charge in [0, 0.05) is 151 Å². The van der Waals surface area contributed by atoms with Crippen molar-refractivity contribution in [2.45, 2.75) is 184 Å². The lowest BCUT2D eigenvalue weighted by molar-refractivity contribution is -0.680. The van der Waals surface area contributed by atoms with E-state index in [1.54, 1.807) is 22.4 Å². The average Bonchev–Trinajstić information content (AvgIpc) is 1.72. The van der Waals surface area contributed by atoms with Gasteiger partial charge < -0.3 is 0 Å². The van der Waals surface area contributed by atoms with E-state index in [1.165, 1.54) is 219 Å². The first-order chi connectivity index (χ1) is 53.0. The molecule has 4 aliphatic carbocycles. The Morgan fingerprint density at radius 3 is 1.37 bits per heavy atom. The summed E-state index contributed by atoms with van der Waals surface area (Å²) in [4.78, 5) is 41.1. The van der Waals surface area contributed by atoms with E-state index in [4.69, 9.17) is 0 Å². The van der Waals surface area contributed by atoms with Gasteiger partial charge in [-0.3, -0.25) is 64.1 Å². The maximum Gasteiger partial charge on any atom is 0.185 e. The highest BCUT2D eigenvalue weighted by Crippen LogP contribution is 2.47. The Hall–Kier alpha value is -7.12. The number of likely N-dealkylation sites (tertiary alicyclic amines) is 8. The zero-order valence-corrected chi connectivity index (χ0v) is 68.8. The quantitative estimate of drug-likeness (QED) is 0.156. The molecule has 16 heterocycles. The molecule has 582 valence electrons. The molecule has 0 aromatic carbocycles. The molecule has 8 aromatic heterocycles. The van der Waals surface area contributed by atoms with Crippen molar-refractivity contribution in [1.82, 2.24) is 64.1 Å². The molecule has 109 heavy (non-hydrogen) atoms. The maximum atomic E-state index is 4.49. The number of hydrogen-bond acceptors (Lipinski definition) is 13. The lowest BCUT2D eigenvalue weighted by Gasteiger charge is -2.31. The van der Waals surface area contributed by atoms with E-state index in [-0.39, 0.29) is 0 Å². The predicted molar refractivity (Wildman–Crippen MR) is 439 cm³/mol. The minimum Gasteiger partial charge on any atom is -0.299 e. The third-order valence-corrected chi connectivity index (χ3v) is 27.2. The van der Waals surface area contributed by atoms with Crippen LogP contribution < -0.4 is 13.7 Å². The predicted octanol–water partition coefficient (Wildman–Crippen LogP) is 14.3. The molecule has 8 aromatic rings. The van der Waals surface area contributed by atoms with Gasteiger partial charge in [-0.25, -0.2) is 13.7 Å². The van der Waals surface area contributed by atoms with Crippen LogP contribution in [0.3, 0.4) is 0 Å². The molecular weight excluding hydrogens is 1340 g/mol. The van der Waals surface area contributed by atoms with Gasteiger partial charge in [-0.1, -0.05) is 31.2 Å². The minimum absolute atomic E-state index is 0.577. The van der Waals surface area contributed by atoms with Gasteiger partial charge in [-0.2, -0.15) is 0 Å². The summed E-state index contributed by atoms with van der Waals surface area (Å²) in [5, 5.41) is 0. The van der Waals surface area contributed by atoms with Gasteiger partial charge in [0.05, 0.1) is 0 Å². The van der Waals surface area contributed by atoms with Crippen LogP contribution in [0.25, 0.3) is 0 Å². The van der Waals surface area contributed by atoms with Crippen molar-refractivity contribution in [2.24, 2.45) is 50.7 Å². The Morgan fingerprint density at radius 2 is 0.817 bits per heavy atom. The smallest absolute Gasteiger partial charge is 0.185 e. The molecule has 0 bridgehead atoms. The summed E-state index contributed by atoms with van der Waals surface area (Å²) in [6, 6.07) is 35.5. The average molecular weight is 1480 g/mol. The molecule has 8 unspecified atom stereocenters. The van der Waals surface area contributed by atoms with Gasteiger partial charge in [-0.15, -0.1) is 0 Å². The van der Waals surface area contributed by atoms with Crippen molar-refractivity contribution in [3.8, 4) is 0 Å². The molecular formula is C93H133N16+3. The van der Waals surface area contributed by atoms with Crippen LogP contribution in [-0.4, -0.2) is 173 Å². The molecule has 0 N–H and O–H groups in total. The van der Waals surface area contributed by atoms with Crippen molar-refractivity contribution in [3.63, 3.8) is 0 Å². The van der Waals surface area contributed by atoms with Crippen LogP contribution in [0.5, 0.6) is 0 Å². The van der Waals surface area contributed by atoms with Gasteiger partial charge in [0.15, 0.2) is 36.7 Å². The second-order valence-electron chi connectivity index (χ2n) is 34.5. The topological polar surface area (TPSA) is 102 Å². The number of aromatic nitrogens is 8. The van der Waals surface area contributed by atoms with Crippen molar-refractivity contribution in [1.29, 1.82) is 0 Å². The highest BCUT2D eigenvalue weighted by Gasteiger charge is 2.42. The van der Waals surface area contributed by atoms with Crippen molar-refractivity contribution in [2.75, 3.05) is 109 Å². The summed E-state index contributed by atoms with van der Waals surface area (Å²) in [6.45, 7) is 14.3. The second kappa shape index (κ2) is 37.9. The highest BCUT2D eigenvalue weighted by atomic mass is 15.2. The summed E-state index contributed by atoms with van der Waals surface area (Å²) in [7, 11) is 24.2. The Morgan fingerprint density at radius 1 is 0.339 bits per heavy atom. The summed E-state index contributed by atoms with van der Waals surface area (Å²) < 4.78 is 6.62. The maximum absolute atomic E-state index is 4.49. The third-order valence-electron chi connectivity index (χ3n) is 27.2. The number of rotatable bonds is 4. The Balaban J connectivity index is 0.000000110. The van der Waals surface area contributed by atoms with Crippen molar-refractivity contribution in [3.05, 3.63) is 238 Å². The van der Waals surface area contributed by atoms with Crippen molar-refractivity contribution >= 4 is 0 Å². The van der Waals surface area contributed by atoms with E-state index in [0.29, 0.717) is 48.3 Å². The van der Waals surface area contributed by atoms with E-state index >= 15 is 0 Å². The van der Waals surface area contributed by atoms with Crippen LogP contribution in [0.2, 0.25) is 0 Å². The summed E-state index contributed by atoms with van der Waals surface area (Å²) in [5.74, 6) is 4.34. The molecule has 0 spiro atoms. The summed E-state index contributed by atoms with van der Waals surface area (Å²) >= 11 is 0. The standard InChI is InChI=1S/2C13H19N2.2C12H16N2.C11H17N2.2C11H16N2.C10H14N2/c1-14-7-5-10-3-4-11-6-8-15(2)13(11)12(10)9-14;1-14-8-3-4-11-12(14)6-5-10-7-9-15(2)13(10)11;1-14-7-5-10-3-2-9-4-6-13-8-11(9)12(10)14;1-14-8-6-9-4-5-11-10(12(9)14)3-2-7-13-11;1-12-7-3-5-10(9-12)11-6-4-8-13(11)2;1-9-5-6-10(8-12-9)11-4-3-7-13(11)2;1-9-5-7-13(2)11(9)10-4-3-6-12-8-10;1-12-7-3-5-10(12)9-4-2-6-11-8-9/h5,7,9,11,13H,3-4,6,8H2,1-2H3;3-4,8,10,13H,5-7,9H2,1-2H3;4,6,8,10,12H,2-3,5,7H2,1H3;2-3,7,9,12H,4-6,8H2,1H3;3,5,7,9,11H,4,6,8H2,1-2H3;5-6,8,11H,3-4,7H2,1-2H3;3-4,6,8-9,11H,5,7H2,1-2H3;2,4,6,8,10H,3,5,7H2,1H3/q2*+1;;;+1;;;/t;;;;2*11-;9-,11+;10-/m....0010/s1. The van der Waals surface area contributed by atoms with Gasteiger partial charge in [0.25, 0.3) is 0 Å². The van der Waals surface area contributed by atoms with Crippen LogP contribution in [0.15, 0.2) is 165 Å². The number of hydrogen-bond donors (Lipinski definition) is 0. The molecule has 8 aliphatic heterocycles. The minimum atomic E-state index is 0.577. The monoisotopic (exact) mass is 1470 g/mol. The molecule has 0 amide bonds. The van der Waals surface area contributed by atoms with Crippen LogP contribution in [-0.2, 0) is 46.8 Å². The Labute approximate surface area is 656 Å². The first-order valence-corrected chi connectivity index (χ1v) is 42.1. The molecule has 16 nitrogen and oxygen atoms in total. The molecule has 8 fully saturated rings. The van der Waals surface area contributed by atoms with Gasteiger partial charge in [0.2, 0.25) is 0 Å². The normalized spacial score (nSPS) is 28.1. The van der Waals surface area contributed by atoms with Crippen LogP contribution in [0.4, 0.5) is 0 Å². The fraction of sp³-hybridized carbons (Fsp3) is 0.570. The molecule has 0 saturated carbocycles. The van der Waals surface area contributed by atoms with E-state index in [9.17, 15) is 0 Å². The zero-order valence-electron chi connectivity index (χ0n) is 68.8. The second-order valence-corrected chi connectivity index (χ2v) is 34.5. The van der Waals surface area contributed by atoms with Gasteiger partial charge >= 0.3 is 0 Å². The third kappa shape index (κ3) is 19.5. The fourth-order valence-corrected chi connectivity index (χ4v) is 21.2. The highest BCUT2D eigenvalue weighted by molar-refractivity contribution is 5.33. The SMILES string of the molecule is CN1CCC2CCc3c(ccc[n+]3C)C21.CN1CCC2CCc3cc[n+](C)cc3C21.CN1CCC2CCc3ccncc3C21.CN1CCC2CCc3ncccc3C21.CN1CCC[C@H]1c1ccc[n+](C)c1.CN1CCC[C@H]1c1cccnc1.C[C@@H]1CCN(C)[C@@H]1c1cccnc1.Cc1ccc([C@@H]2CCCN2C)cn1. The van der Waals surface area contributed by atoms with Gasteiger partial charge in [0.1, 0.15) is 21.1 Å². The van der Waals surface area contributed by atoms with Crippen LogP contribution >= 0.6 is 0 Å². The lowest BCUT2D eigenvalue weighted by Crippen LogP contribution is -2.39. The molecule has 20 rings (SSSR count). The number of nitrogens with zero attached hydrogens (tertiary/aromatic N) is 16. The number of aryl methyl sites for hydroxylation is 7. The molecule has 8 saturated heterocycles. The molecule has 12 aliphatic rings. The molecule has 16 heteroatoms. The Kier molecular flexibility index (Phi) is 27.8. The largest absolute Gasteiger partial charge is 0.299 e. The first kappa shape index (κ1) is 79.9. The Bertz CT molecular complexity index is 4040. The first-order valence-electron chi connectivity index (χ1n) is 42.1. The van der Waals surface area contributed by atoms with E-state index in [0.717, 1.165) is 35.3 Å². The van der Waals surface area contributed by atoms with E-state index in [1.807, 2.05) is 62.4 Å². The fourth-order valence-electron chi connectivity index (χ4n) is 21.2. The number of pyridine rings is 8. The van der Waals surface area contributed by atoms with E-state index in [2.05, 4.69) is 272 Å². The van der Waals surface area contributed by atoms with Crippen LogP contribution in [0.1, 0.15) is 224 Å². The molecule has 0 radical (unpaired) electrons.